The number of halogens is 5. The number of nitrogens with one attached hydrogen (secondary N) is 1. The number of piperazine rings is 1. The summed E-state index contributed by atoms with van der Waals surface area (Å²) in [6.07, 6.45) is -4.06. The number of pyridine rings is 2. The lowest BCUT2D eigenvalue weighted by Crippen LogP contribution is -2.51. The number of phenolic OH excluding ortho intramolecular Hbond substituents is 1. The van der Waals surface area contributed by atoms with Crippen molar-refractivity contribution < 1.29 is 36.6 Å². The molecule has 0 radical (unpaired) electrons. The molecule has 15 heteroatoms. The second-order valence-electron chi connectivity index (χ2n) is 10.6. The predicted molar refractivity (Wildman–Crippen MR) is 150 cm³/mol. The fourth-order valence-electron chi connectivity index (χ4n) is 5.19. The molecule has 1 atom stereocenters. The predicted octanol–water partition coefficient (Wildman–Crippen LogP) is 4.52. The number of carbonyl (C=O) groups excluding carboxylic acids is 1. The lowest BCUT2D eigenvalue weighted by Gasteiger charge is -2.35. The Bertz CT molecular complexity index is 1820. The summed E-state index contributed by atoms with van der Waals surface area (Å²) in [6, 6.07) is 4.18. The Labute approximate surface area is 247 Å². The molecule has 1 aliphatic heterocycles. The fourth-order valence-corrected chi connectivity index (χ4v) is 5.19. The lowest BCUT2D eigenvalue weighted by atomic mass is 10.0. The Morgan fingerprint density at radius 2 is 1.91 bits per heavy atom. The summed E-state index contributed by atoms with van der Waals surface area (Å²) < 4.78 is 77.7. The van der Waals surface area contributed by atoms with Crippen LogP contribution in [0.5, 0.6) is 11.5 Å². The number of hydrogen-bond acceptors (Lipinski definition) is 9. The van der Waals surface area contributed by atoms with E-state index in [9.17, 15) is 27.9 Å². The number of nitrogens with zero attached hydrogens (tertiary/aromatic N) is 5. The van der Waals surface area contributed by atoms with Gasteiger partial charge in [-0.25, -0.2) is 27.9 Å². The van der Waals surface area contributed by atoms with E-state index in [1.165, 1.54) is 6.20 Å². The van der Waals surface area contributed by atoms with Crippen molar-refractivity contribution in [3.8, 4) is 28.4 Å². The number of anilines is 1. The summed E-state index contributed by atoms with van der Waals surface area (Å²) in [6.45, 7) is 7.91. The average Bonchev–Trinajstić information content (AvgIpc) is 2.94. The fraction of sp³-hybridized carbons (Fsp3) is 0.345. The maximum Gasteiger partial charge on any atom is 0.491 e. The number of phenols is 1. The molecule has 0 spiro atoms. The van der Waals surface area contributed by atoms with Crippen molar-refractivity contribution in [1.82, 2.24) is 24.8 Å². The Hall–Kier alpha value is -4.66. The highest BCUT2D eigenvalue weighted by Crippen LogP contribution is 2.43. The van der Waals surface area contributed by atoms with E-state index in [4.69, 9.17) is 0 Å². The monoisotopic (exact) mass is 618 g/mol. The van der Waals surface area contributed by atoms with Gasteiger partial charge in [-0.05, 0) is 43.5 Å². The number of esters is 1. The van der Waals surface area contributed by atoms with E-state index >= 15 is 8.78 Å². The van der Waals surface area contributed by atoms with Gasteiger partial charge in [0, 0.05) is 31.9 Å². The van der Waals surface area contributed by atoms with Gasteiger partial charge in [0.25, 0.3) is 0 Å². The molecule has 2 N–H and O–H groups in total. The minimum Gasteiger partial charge on any atom is -0.507 e. The van der Waals surface area contributed by atoms with Gasteiger partial charge in [0.1, 0.15) is 28.5 Å². The van der Waals surface area contributed by atoms with Crippen LogP contribution in [0.4, 0.5) is 27.8 Å². The maximum absolute atomic E-state index is 16.4. The standard InChI is InChI=1S/C29H27F5N6O4/c1-13(2)21-23(14(3)8-9-36-21)40-26-19(25(38-28(40)43)39-11-10-35-12-15(39)4)24(44-27(42)29(32,33)34)20(31)22(37-26)18-16(30)6-5-7-17(18)41/h5-9,13,15,35,41H,10-12H2,1-4H3/t15-/m0/s1. The molecule has 44 heavy (non-hydrogen) atoms. The number of rotatable bonds is 5. The third kappa shape index (κ3) is 5.31. The largest absolute Gasteiger partial charge is 0.507 e. The number of aromatic nitrogens is 4. The molecule has 0 unspecified atom stereocenters. The van der Waals surface area contributed by atoms with Gasteiger partial charge in [-0.3, -0.25) is 4.98 Å². The molecule has 232 valence electrons. The number of benzene rings is 1. The molecule has 0 saturated carbocycles. The molecule has 1 saturated heterocycles. The van der Waals surface area contributed by atoms with Crippen LogP contribution in [0.1, 0.15) is 37.9 Å². The van der Waals surface area contributed by atoms with Gasteiger partial charge >= 0.3 is 17.8 Å². The van der Waals surface area contributed by atoms with E-state index in [1.807, 2.05) is 0 Å². The molecule has 0 bridgehead atoms. The molecule has 1 aromatic carbocycles. The summed E-state index contributed by atoms with van der Waals surface area (Å²) in [4.78, 5) is 40.5. The quantitative estimate of drug-likeness (QED) is 0.246. The normalized spacial score (nSPS) is 15.7. The Balaban J connectivity index is 2.03. The molecule has 4 heterocycles. The summed E-state index contributed by atoms with van der Waals surface area (Å²) in [5.41, 5.74) is -2.26. The smallest absolute Gasteiger partial charge is 0.491 e. The van der Waals surface area contributed by atoms with E-state index in [-0.39, 0.29) is 24.0 Å². The van der Waals surface area contributed by atoms with Crippen molar-refractivity contribution in [2.45, 2.75) is 45.8 Å². The van der Waals surface area contributed by atoms with Gasteiger partial charge in [-0.1, -0.05) is 19.9 Å². The maximum atomic E-state index is 16.4. The topological polar surface area (TPSA) is 122 Å². The minimum atomic E-state index is -5.56. The van der Waals surface area contributed by atoms with Crippen LogP contribution in [0.2, 0.25) is 0 Å². The van der Waals surface area contributed by atoms with Crippen LogP contribution in [0.3, 0.4) is 0 Å². The first-order chi connectivity index (χ1) is 20.7. The van der Waals surface area contributed by atoms with Crippen LogP contribution >= 0.6 is 0 Å². The highest BCUT2D eigenvalue weighted by Gasteiger charge is 2.43. The van der Waals surface area contributed by atoms with Gasteiger partial charge in [0.2, 0.25) is 0 Å². The first-order valence-corrected chi connectivity index (χ1v) is 13.6. The first kappa shape index (κ1) is 30.8. The number of alkyl halides is 3. The van der Waals surface area contributed by atoms with Crippen molar-refractivity contribution in [3.05, 3.63) is 63.8 Å². The Kier molecular flexibility index (Phi) is 8.01. The van der Waals surface area contributed by atoms with E-state index in [0.29, 0.717) is 24.3 Å². The molecular formula is C29H27F5N6O4. The Morgan fingerprint density at radius 3 is 2.55 bits per heavy atom. The number of ether oxygens (including phenoxy) is 1. The van der Waals surface area contributed by atoms with Crippen LogP contribution in [0, 0.1) is 18.6 Å². The van der Waals surface area contributed by atoms with Crippen LogP contribution in [0.25, 0.3) is 28.0 Å². The number of aromatic hydroxyl groups is 1. The van der Waals surface area contributed by atoms with Crippen LogP contribution in [-0.4, -0.2) is 62.4 Å². The van der Waals surface area contributed by atoms with E-state index in [0.717, 1.165) is 22.8 Å². The number of carbonyl (C=O) groups is 1. The average molecular weight is 619 g/mol. The number of aryl methyl sites for hydroxylation is 1. The third-order valence-electron chi connectivity index (χ3n) is 7.26. The molecule has 1 aliphatic rings. The zero-order chi connectivity index (χ0) is 32.1. The molecule has 10 nitrogen and oxygen atoms in total. The SMILES string of the molecule is Cc1ccnc(C(C)C)c1-n1c(=O)nc(N2CCNC[C@@H]2C)c2c(OC(=O)C(F)(F)F)c(F)c(-c3c(O)cccc3F)nc21. The number of fused-ring (bicyclic) bond motifs is 1. The van der Waals surface area contributed by atoms with E-state index in [2.05, 4.69) is 25.0 Å². The zero-order valence-corrected chi connectivity index (χ0v) is 24.0. The molecule has 5 rings (SSSR count). The van der Waals surface area contributed by atoms with Gasteiger partial charge in [0.15, 0.2) is 17.2 Å². The van der Waals surface area contributed by atoms with E-state index < -0.39 is 69.3 Å². The summed E-state index contributed by atoms with van der Waals surface area (Å²) >= 11 is 0. The highest BCUT2D eigenvalue weighted by molar-refractivity contribution is 5.98. The van der Waals surface area contributed by atoms with E-state index in [1.54, 1.807) is 38.7 Å². The second kappa shape index (κ2) is 11.4. The summed E-state index contributed by atoms with van der Waals surface area (Å²) in [5, 5.41) is 13.1. The van der Waals surface area contributed by atoms with Crippen molar-refractivity contribution in [1.29, 1.82) is 0 Å². The van der Waals surface area contributed by atoms with Gasteiger partial charge < -0.3 is 20.1 Å². The highest BCUT2D eigenvalue weighted by atomic mass is 19.4. The van der Waals surface area contributed by atoms with Crippen molar-refractivity contribution in [2.75, 3.05) is 24.5 Å². The van der Waals surface area contributed by atoms with Gasteiger partial charge in [-0.15, -0.1) is 0 Å². The molecule has 0 aliphatic carbocycles. The van der Waals surface area contributed by atoms with Crippen molar-refractivity contribution in [2.24, 2.45) is 0 Å². The number of hydrogen-bond donors (Lipinski definition) is 2. The molecule has 4 aromatic rings. The summed E-state index contributed by atoms with van der Waals surface area (Å²) in [5.74, 6) is -8.30. The second-order valence-corrected chi connectivity index (χ2v) is 10.6. The molecule has 0 amide bonds. The molecular weight excluding hydrogens is 591 g/mol. The zero-order valence-electron chi connectivity index (χ0n) is 24.0. The van der Waals surface area contributed by atoms with Crippen LogP contribution < -0.4 is 20.6 Å². The molecule has 1 fully saturated rings. The van der Waals surface area contributed by atoms with Crippen LogP contribution in [-0.2, 0) is 4.79 Å². The third-order valence-corrected chi connectivity index (χ3v) is 7.26. The Morgan fingerprint density at radius 1 is 1.18 bits per heavy atom. The summed E-state index contributed by atoms with van der Waals surface area (Å²) in [7, 11) is 0. The lowest BCUT2D eigenvalue weighted by molar-refractivity contribution is -0.189. The van der Waals surface area contributed by atoms with Gasteiger partial charge in [-0.2, -0.15) is 18.2 Å². The van der Waals surface area contributed by atoms with Crippen molar-refractivity contribution >= 4 is 22.8 Å². The van der Waals surface area contributed by atoms with Crippen LogP contribution in [0.15, 0.2) is 35.3 Å². The minimum absolute atomic E-state index is 0.154. The van der Waals surface area contributed by atoms with Gasteiger partial charge in [0.05, 0.1) is 16.9 Å². The molecule has 3 aromatic heterocycles. The van der Waals surface area contributed by atoms with Crippen molar-refractivity contribution in [3.63, 3.8) is 0 Å². The first-order valence-electron chi connectivity index (χ1n) is 13.6.